The number of likely N-dealkylation sites (tertiary alicyclic amines) is 1. The van der Waals surface area contributed by atoms with Crippen molar-refractivity contribution in [3.63, 3.8) is 0 Å². The van der Waals surface area contributed by atoms with Crippen molar-refractivity contribution in [2.24, 2.45) is 0 Å². The molecule has 1 aliphatic heterocycles. The third-order valence-electron chi connectivity index (χ3n) is 4.55. The number of fused-ring (bicyclic) bond motifs is 1. The van der Waals surface area contributed by atoms with Crippen molar-refractivity contribution < 1.29 is 9.53 Å². The quantitative estimate of drug-likeness (QED) is 0.857. The first-order valence-corrected chi connectivity index (χ1v) is 8.16. The smallest absolute Gasteiger partial charge is 0.326 e. The van der Waals surface area contributed by atoms with Crippen LogP contribution in [0.25, 0.3) is 11.0 Å². The number of H-pyrrole nitrogens is 1. The SMILES string of the molecule is COCCCC(=O)N1CCC(n2c(=O)[nH]c3ccccc32)CC1. The fraction of sp³-hybridized carbons (Fsp3) is 0.529. The molecule has 0 bridgehead atoms. The van der Waals surface area contributed by atoms with Gasteiger partial charge in [-0.3, -0.25) is 9.36 Å². The Labute approximate surface area is 135 Å². The van der Waals surface area contributed by atoms with Crippen molar-refractivity contribution in [1.29, 1.82) is 0 Å². The maximum Gasteiger partial charge on any atom is 0.326 e. The van der Waals surface area contributed by atoms with Gasteiger partial charge in [0.2, 0.25) is 5.91 Å². The number of aromatic amines is 1. The number of para-hydroxylation sites is 2. The normalized spacial score (nSPS) is 16.1. The molecule has 0 spiro atoms. The number of ether oxygens (including phenoxy) is 1. The van der Waals surface area contributed by atoms with Crippen LogP contribution in [-0.4, -0.2) is 47.2 Å². The van der Waals surface area contributed by atoms with Gasteiger partial charge in [0.1, 0.15) is 0 Å². The molecule has 2 heterocycles. The third kappa shape index (κ3) is 3.32. The highest BCUT2D eigenvalue weighted by Gasteiger charge is 2.25. The number of aromatic nitrogens is 2. The molecule has 6 nitrogen and oxygen atoms in total. The second kappa shape index (κ2) is 7.00. The number of nitrogens with zero attached hydrogens (tertiary/aromatic N) is 2. The van der Waals surface area contributed by atoms with E-state index >= 15 is 0 Å². The van der Waals surface area contributed by atoms with E-state index in [1.165, 1.54) is 0 Å². The molecule has 0 unspecified atom stereocenters. The fourth-order valence-corrected chi connectivity index (χ4v) is 3.34. The first-order chi connectivity index (χ1) is 11.2. The maximum absolute atomic E-state index is 12.2. The van der Waals surface area contributed by atoms with E-state index in [2.05, 4.69) is 4.98 Å². The summed E-state index contributed by atoms with van der Waals surface area (Å²) in [6, 6.07) is 7.91. The number of methoxy groups -OCH3 is 1. The van der Waals surface area contributed by atoms with Crippen molar-refractivity contribution in [1.82, 2.24) is 14.5 Å². The van der Waals surface area contributed by atoms with Crippen molar-refractivity contribution in [3.8, 4) is 0 Å². The van der Waals surface area contributed by atoms with E-state index in [1.807, 2.05) is 33.7 Å². The number of carbonyl (C=O) groups excluding carboxylic acids is 1. The number of piperidine rings is 1. The van der Waals surface area contributed by atoms with E-state index in [1.54, 1.807) is 7.11 Å². The Morgan fingerprint density at radius 1 is 1.30 bits per heavy atom. The van der Waals surface area contributed by atoms with Gasteiger partial charge in [-0.15, -0.1) is 0 Å². The first kappa shape index (κ1) is 15.8. The average Bonchev–Trinajstić information content (AvgIpc) is 2.91. The van der Waals surface area contributed by atoms with Crippen LogP contribution < -0.4 is 5.69 Å². The number of hydrogen-bond donors (Lipinski definition) is 1. The Kier molecular flexibility index (Phi) is 4.81. The van der Waals surface area contributed by atoms with Gasteiger partial charge in [0, 0.05) is 39.3 Å². The topological polar surface area (TPSA) is 67.3 Å². The summed E-state index contributed by atoms with van der Waals surface area (Å²) in [5, 5.41) is 0. The van der Waals surface area contributed by atoms with Gasteiger partial charge in [0.25, 0.3) is 0 Å². The lowest BCUT2D eigenvalue weighted by atomic mass is 10.0. The fourth-order valence-electron chi connectivity index (χ4n) is 3.34. The molecule has 0 aliphatic carbocycles. The number of rotatable bonds is 5. The van der Waals surface area contributed by atoms with Crippen LogP contribution in [0.15, 0.2) is 29.1 Å². The van der Waals surface area contributed by atoms with Crippen molar-refractivity contribution in [3.05, 3.63) is 34.7 Å². The summed E-state index contributed by atoms with van der Waals surface area (Å²) >= 11 is 0. The average molecular weight is 317 g/mol. The molecule has 1 aliphatic rings. The lowest BCUT2D eigenvalue weighted by Crippen LogP contribution is -2.40. The Morgan fingerprint density at radius 2 is 2.04 bits per heavy atom. The second-order valence-corrected chi connectivity index (χ2v) is 6.03. The minimum Gasteiger partial charge on any atom is -0.385 e. The van der Waals surface area contributed by atoms with Gasteiger partial charge in [0.15, 0.2) is 0 Å². The molecule has 0 saturated carbocycles. The van der Waals surface area contributed by atoms with Crippen LogP contribution in [0.2, 0.25) is 0 Å². The largest absolute Gasteiger partial charge is 0.385 e. The Morgan fingerprint density at radius 3 is 2.78 bits per heavy atom. The predicted molar refractivity (Wildman–Crippen MR) is 88.5 cm³/mol. The third-order valence-corrected chi connectivity index (χ3v) is 4.55. The van der Waals surface area contributed by atoms with Crippen molar-refractivity contribution in [2.75, 3.05) is 26.8 Å². The van der Waals surface area contributed by atoms with Crippen LogP contribution >= 0.6 is 0 Å². The molecule has 124 valence electrons. The molecule has 23 heavy (non-hydrogen) atoms. The summed E-state index contributed by atoms with van der Waals surface area (Å²) in [6.45, 7) is 2.04. The molecule has 1 aromatic carbocycles. The first-order valence-electron chi connectivity index (χ1n) is 8.16. The summed E-state index contributed by atoms with van der Waals surface area (Å²) in [4.78, 5) is 29.2. The highest BCUT2D eigenvalue weighted by atomic mass is 16.5. The lowest BCUT2D eigenvalue weighted by molar-refractivity contribution is -0.132. The summed E-state index contributed by atoms with van der Waals surface area (Å²) in [5.74, 6) is 0.187. The second-order valence-electron chi connectivity index (χ2n) is 6.03. The Hall–Kier alpha value is -2.08. The van der Waals surface area contributed by atoms with Crippen LogP contribution in [0.1, 0.15) is 31.7 Å². The molecule has 6 heteroatoms. The molecule has 0 radical (unpaired) electrons. The van der Waals surface area contributed by atoms with Gasteiger partial charge < -0.3 is 14.6 Å². The molecule has 3 rings (SSSR count). The van der Waals surface area contributed by atoms with Crippen molar-refractivity contribution in [2.45, 2.75) is 31.7 Å². The van der Waals surface area contributed by atoms with Gasteiger partial charge in [-0.1, -0.05) is 12.1 Å². The summed E-state index contributed by atoms with van der Waals surface area (Å²) in [6.07, 6.45) is 2.93. The minimum atomic E-state index is -0.0592. The zero-order valence-electron chi connectivity index (χ0n) is 13.5. The van der Waals surface area contributed by atoms with E-state index in [0.29, 0.717) is 26.1 Å². The Bertz CT molecular complexity index is 726. The van der Waals surface area contributed by atoms with Gasteiger partial charge in [0.05, 0.1) is 11.0 Å². The number of benzene rings is 1. The molecular weight excluding hydrogens is 294 g/mol. The van der Waals surface area contributed by atoms with E-state index < -0.39 is 0 Å². The van der Waals surface area contributed by atoms with Crippen LogP contribution in [0.3, 0.4) is 0 Å². The summed E-state index contributed by atoms with van der Waals surface area (Å²) < 4.78 is 6.84. The molecule has 1 N–H and O–H groups in total. The zero-order chi connectivity index (χ0) is 16.2. The Balaban J connectivity index is 1.65. The predicted octanol–water partition coefficient (Wildman–Crippen LogP) is 1.92. The number of nitrogens with one attached hydrogen (secondary N) is 1. The maximum atomic E-state index is 12.2. The molecule has 1 saturated heterocycles. The van der Waals surface area contributed by atoms with E-state index in [9.17, 15) is 9.59 Å². The minimum absolute atomic E-state index is 0.0592. The molecular formula is C17H23N3O3. The standard InChI is InChI=1S/C17H23N3O3/c1-23-12-4-7-16(21)19-10-8-13(9-11-19)20-15-6-3-2-5-14(15)18-17(20)22/h2-3,5-6,13H,4,7-12H2,1H3,(H,18,22). The zero-order valence-corrected chi connectivity index (χ0v) is 13.5. The molecule has 2 aromatic rings. The molecule has 1 fully saturated rings. The van der Waals surface area contributed by atoms with Crippen LogP contribution in [-0.2, 0) is 9.53 Å². The molecule has 1 amide bonds. The summed E-state index contributed by atoms with van der Waals surface area (Å²) in [7, 11) is 1.65. The van der Waals surface area contributed by atoms with Crippen LogP contribution in [0, 0.1) is 0 Å². The number of amides is 1. The number of hydrogen-bond acceptors (Lipinski definition) is 3. The van der Waals surface area contributed by atoms with Gasteiger partial charge in [-0.25, -0.2) is 4.79 Å². The van der Waals surface area contributed by atoms with Gasteiger partial charge in [-0.2, -0.15) is 0 Å². The van der Waals surface area contributed by atoms with E-state index in [4.69, 9.17) is 4.74 Å². The van der Waals surface area contributed by atoms with Crippen LogP contribution in [0.5, 0.6) is 0 Å². The lowest BCUT2D eigenvalue weighted by Gasteiger charge is -2.32. The van der Waals surface area contributed by atoms with E-state index in [0.717, 1.165) is 30.3 Å². The molecule has 1 aromatic heterocycles. The monoisotopic (exact) mass is 317 g/mol. The number of carbonyl (C=O) groups is 1. The van der Waals surface area contributed by atoms with Crippen molar-refractivity contribution >= 4 is 16.9 Å². The highest BCUT2D eigenvalue weighted by Crippen LogP contribution is 2.25. The van der Waals surface area contributed by atoms with Gasteiger partial charge in [-0.05, 0) is 31.4 Å². The highest BCUT2D eigenvalue weighted by molar-refractivity contribution is 5.76. The van der Waals surface area contributed by atoms with Crippen LogP contribution in [0.4, 0.5) is 0 Å². The number of imidazole rings is 1. The molecule has 0 atom stereocenters. The van der Waals surface area contributed by atoms with Gasteiger partial charge >= 0.3 is 5.69 Å². The summed E-state index contributed by atoms with van der Waals surface area (Å²) in [5.41, 5.74) is 1.76. The van der Waals surface area contributed by atoms with E-state index in [-0.39, 0.29) is 17.6 Å².